The van der Waals surface area contributed by atoms with Crippen molar-refractivity contribution in [3.05, 3.63) is 24.3 Å². The van der Waals surface area contributed by atoms with E-state index in [1.807, 2.05) is 24.3 Å². The van der Waals surface area contributed by atoms with Gasteiger partial charge in [-0.1, -0.05) is 12.1 Å². The van der Waals surface area contributed by atoms with Crippen LogP contribution in [0.1, 0.15) is 6.42 Å². The SMILES string of the molecule is COCCNCC1CCOc2ccccc2O1. The van der Waals surface area contributed by atoms with Crippen molar-refractivity contribution >= 4 is 0 Å². The first-order valence-electron chi connectivity index (χ1n) is 5.98. The van der Waals surface area contributed by atoms with Gasteiger partial charge in [-0.25, -0.2) is 0 Å². The Morgan fingerprint density at radius 1 is 1.35 bits per heavy atom. The Morgan fingerprint density at radius 2 is 2.18 bits per heavy atom. The largest absolute Gasteiger partial charge is 0.490 e. The second-order valence-electron chi connectivity index (χ2n) is 4.02. The molecule has 0 spiro atoms. The van der Waals surface area contributed by atoms with E-state index in [0.717, 1.165) is 37.6 Å². The summed E-state index contributed by atoms with van der Waals surface area (Å²) in [4.78, 5) is 0. The summed E-state index contributed by atoms with van der Waals surface area (Å²) >= 11 is 0. The third kappa shape index (κ3) is 3.61. The lowest BCUT2D eigenvalue weighted by Gasteiger charge is -2.16. The molecule has 2 rings (SSSR count). The van der Waals surface area contributed by atoms with Crippen LogP contribution in [-0.4, -0.2) is 39.5 Å². The van der Waals surface area contributed by atoms with Crippen molar-refractivity contribution in [1.29, 1.82) is 0 Å². The van der Waals surface area contributed by atoms with Gasteiger partial charge >= 0.3 is 0 Å². The van der Waals surface area contributed by atoms with Crippen LogP contribution in [0.15, 0.2) is 24.3 Å². The molecule has 1 aliphatic heterocycles. The maximum atomic E-state index is 5.91. The molecular weight excluding hydrogens is 218 g/mol. The van der Waals surface area contributed by atoms with Crippen LogP contribution in [0.25, 0.3) is 0 Å². The van der Waals surface area contributed by atoms with Crippen molar-refractivity contribution in [2.45, 2.75) is 12.5 Å². The zero-order chi connectivity index (χ0) is 11.9. The van der Waals surface area contributed by atoms with E-state index in [9.17, 15) is 0 Å². The standard InChI is InChI=1S/C13H19NO3/c1-15-9-7-14-10-11-6-8-16-12-4-2-3-5-13(12)17-11/h2-5,11,14H,6-10H2,1H3. The topological polar surface area (TPSA) is 39.7 Å². The molecule has 94 valence electrons. The van der Waals surface area contributed by atoms with Crippen LogP contribution in [0.2, 0.25) is 0 Å². The third-order valence-electron chi connectivity index (χ3n) is 2.70. The maximum Gasteiger partial charge on any atom is 0.161 e. The fourth-order valence-corrected chi connectivity index (χ4v) is 1.79. The molecule has 0 saturated heterocycles. The van der Waals surface area contributed by atoms with Crippen LogP contribution in [0.4, 0.5) is 0 Å². The van der Waals surface area contributed by atoms with E-state index in [2.05, 4.69) is 5.32 Å². The van der Waals surface area contributed by atoms with Gasteiger partial charge in [-0.15, -0.1) is 0 Å². The highest BCUT2D eigenvalue weighted by molar-refractivity contribution is 5.40. The zero-order valence-corrected chi connectivity index (χ0v) is 10.1. The minimum atomic E-state index is 0.163. The van der Waals surface area contributed by atoms with E-state index < -0.39 is 0 Å². The predicted octanol–water partition coefficient (Wildman–Crippen LogP) is 1.45. The van der Waals surface area contributed by atoms with Gasteiger partial charge in [0.05, 0.1) is 13.2 Å². The van der Waals surface area contributed by atoms with E-state index in [4.69, 9.17) is 14.2 Å². The zero-order valence-electron chi connectivity index (χ0n) is 10.1. The van der Waals surface area contributed by atoms with Gasteiger partial charge in [-0.2, -0.15) is 0 Å². The van der Waals surface area contributed by atoms with Crippen LogP contribution < -0.4 is 14.8 Å². The lowest BCUT2D eigenvalue weighted by Crippen LogP contribution is -2.33. The van der Waals surface area contributed by atoms with Gasteiger partial charge in [0, 0.05) is 26.6 Å². The number of nitrogens with one attached hydrogen (secondary N) is 1. The van der Waals surface area contributed by atoms with Crippen molar-refractivity contribution in [2.24, 2.45) is 0 Å². The van der Waals surface area contributed by atoms with E-state index >= 15 is 0 Å². The fraction of sp³-hybridized carbons (Fsp3) is 0.538. The average Bonchev–Trinajstić information content (AvgIpc) is 2.56. The van der Waals surface area contributed by atoms with E-state index in [0.29, 0.717) is 6.61 Å². The lowest BCUT2D eigenvalue weighted by atomic mass is 10.2. The molecule has 0 bridgehead atoms. The number of ether oxygens (including phenoxy) is 3. The first-order chi connectivity index (χ1) is 8.40. The van der Waals surface area contributed by atoms with Crippen molar-refractivity contribution < 1.29 is 14.2 Å². The van der Waals surface area contributed by atoms with Crippen molar-refractivity contribution in [1.82, 2.24) is 5.32 Å². The van der Waals surface area contributed by atoms with Crippen LogP contribution in [0, 0.1) is 0 Å². The van der Waals surface area contributed by atoms with Crippen LogP contribution in [-0.2, 0) is 4.74 Å². The Hall–Kier alpha value is -1.26. The molecule has 0 saturated carbocycles. The van der Waals surface area contributed by atoms with Gasteiger partial charge in [0.25, 0.3) is 0 Å². The molecule has 0 aromatic heterocycles. The number of hydrogen-bond acceptors (Lipinski definition) is 4. The minimum absolute atomic E-state index is 0.163. The fourth-order valence-electron chi connectivity index (χ4n) is 1.79. The summed E-state index contributed by atoms with van der Waals surface area (Å²) in [7, 11) is 1.70. The first kappa shape index (κ1) is 12.2. The Morgan fingerprint density at radius 3 is 3.00 bits per heavy atom. The van der Waals surface area contributed by atoms with Crippen LogP contribution in [0.5, 0.6) is 11.5 Å². The molecule has 0 aliphatic carbocycles. The molecule has 0 radical (unpaired) electrons. The van der Waals surface area contributed by atoms with Gasteiger partial charge in [-0.3, -0.25) is 0 Å². The highest BCUT2D eigenvalue weighted by atomic mass is 16.5. The molecule has 1 heterocycles. The minimum Gasteiger partial charge on any atom is -0.490 e. The molecule has 4 nitrogen and oxygen atoms in total. The summed E-state index contributed by atoms with van der Waals surface area (Å²) in [5.74, 6) is 1.68. The molecule has 1 N–H and O–H groups in total. The van der Waals surface area contributed by atoms with Crippen molar-refractivity contribution in [3.63, 3.8) is 0 Å². The maximum absolute atomic E-state index is 5.91. The molecule has 4 heteroatoms. The Balaban J connectivity index is 1.85. The molecule has 1 aromatic rings. The van der Waals surface area contributed by atoms with E-state index in [1.54, 1.807) is 7.11 Å². The van der Waals surface area contributed by atoms with Crippen molar-refractivity contribution in [2.75, 3.05) is 33.4 Å². The Bertz CT molecular complexity index is 343. The number of fused-ring (bicyclic) bond motifs is 1. The summed E-state index contributed by atoms with van der Waals surface area (Å²) in [6.07, 6.45) is 1.06. The molecule has 1 atom stereocenters. The second kappa shape index (κ2) is 6.47. The summed E-state index contributed by atoms with van der Waals surface area (Å²) in [5.41, 5.74) is 0. The second-order valence-corrected chi connectivity index (χ2v) is 4.02. The van der Waals surface area contributed by atoms with Gasteiger partial charge in [0.2, 0.25) is 0 Å². The molecular formula is C13H19NO3. The predicted molar refractivity (Wildman–Crippen MR) is 65.7 cm³/mol. The van der Waals surface area contributed by atoms with Crippen molar-refractivity contribution in [3.8, 4) is 11.5 Å². The molecule has 1 aliphatic rings. The molecule has 0 amide bonds. The number of benzene rings is 1. The third-order valence-corrected chi connectivity index (χ3v) is 2.70. The van der Waals surface area contributed by atoms with Gasteiger partial charge < -0.3 is 19.5 Å². The van der Waals surface area contributed by atoms with Gasteiger partial charge in [-0.05, 0) is 12.1 Å². The summed E-state index contributed by atoms with van der Waals surface area (Å²) in [6, 6.07) is 7.81. The number of rotatable bonds is 5. The van der Waals surface area contributed by atoms with Gasteiger partial charge in [0.15, 0.2) is 11.5 Å². The van der Waals surface area contributed by atoms with Crippen LogP contribution in [0.3, 0.4) is 0 Å². The smallest absolute Gasteiger partial charge is 0.161 e. The summed E-state index contributed by atoms with van der Waals surface area (Å²) in [5, 5.41) is 3.31. The van der Waals surface area contributed by atoms with Gasteiger partial charge in [0.1, 0.15) is 6.10 Å². The molecule has 0 fully saturated rings. The van der Waals surface area contributed by atoms with E-state index in [1.165, 1.54) is 0 Å². The summed E-state index contributed by atoms with van der Waals surface area (Å²) < 4.78 is 16.5. The quantitative estimate of drug-likeness (QED) is 0.787. The molecule has 1 aromatic carbocycles. The summed E-state index contributed by atoms with van der Waals surface area (Å²) in [6.45, 7) is 3.09. The Kier molecular flexibility index (Phi) is 4.64. The molecule has 17 heavy (non-hydrogen) atoms. The van der Waals surface area contributed by atoms with E-state index in [-0.39, 0.29) is 6.10 Å². The van der Waals surface area contributed by atoms with Crippen LogP contribution >= 0.6 is 0 Å². The number of methoxy groups -OCH3 is 1. The molecule has 1 unspecified atom stereocenters. The number of para-hydroxylation sites is 2. The highest BCUT2D eigenvalue weighted by Crippen LogP contribution is 2.30. The first-order valence-corrected chi connectivity index (χ1v) is 5.98. The Labute approximate surface area is 102 Å². The number of hydrogen-bond donors (Lipinski definition) is 1. The normalized spacial score (nSPS) is 18.8. The average molecular weight is 237 g/mol. The monoisotopic (exact) mass is 237 g/mol. The lowest BCUT2D eigenvalue weighted by molar-refractivity contribution is 0.171. The highest BCUT2D eigenvalue weighted by Gasteiger charge is 2.17.